The highest BCUT2D eigenvalue weighted by Gasteiger charge is 2.35. The molecule has 0 aromatic heterocycles. The van der Waals surface area contributed by atoms with Crippen LogP contribution in [0.2, 0.25) is 0 Å². The molecule has 1 aliphatic heterocycles. The summed E-state index contributed by atoms with van der Waals surface area (Å²) in [5, 5.41) is 0. The summed E-state index contributed by atoms with van der Waals surface area (Å²) >= 11 is 0. The van der Waals surface area contributed by atoms with Gasteiger partial charge in [0.15, 0.2) is 0 Å². The van der Waals surface area contributed by atoms with Gasteiger partial charge in [0.25, 0.3) is 0 Å². The van der Waals surface area contributed by atoms with Crippen molar-refractivity contribution in [2.24, 2.45) is 0 Å². The van der Waals surface area contributed by atoms with E-state index in [4.69, 9.17) is 14.2 Å². The van der Waals surface area contributed by atoms with Crippen LogP contribution < -0.4 is 4.74 Å². The molecule has 0 amide bonds. The summed E-state index contributed by atoms with van der Waals surface area (Å²) < 4.78 is 16.5. The fourth-order valence-corrected chi connectivity index (χ4v) is 3.45. The van der Waals surface area contributed by atoms with E-state index in [2.05, 4.69) is 0 Å². The van der Waals surface area contributed by atoms with Crippen LogP contribution in [-0.2, 0) is 25.7 Å². The monoisotopic (exact) mass is 421 g/mol. The topological polar surface area (TPSA) is 65.1 Å². The van der Waals surface area contributed by atoms with Gasteiger partial charge in [-0.05, 0) is 37.1 Å². The maximum Gasteiger partial charge on any atom is 0.336 e. The molecule has 2 aromatic rings. The van der Waals surface area contributed by atoms with Crippen molar-refractivity contribution in [1.82, 2.24) is 4.90 Å². The Balaban J connectivity index is 1.94. The summed E-state index contributed by atoms with van der Waals surface area (Å²) in [5.74, 6) is -0.906. The highest BCUT2D eigenvalue weighted by Crippen LogP contribution is 2.38. The quantitative estimate of drug-likeness (QED) is 0.596. The molecule has 1 heterocycles. The first kappa shape index (κ1) is 22.2. The highest BCUT2D eigenvalue weighted by molar-refractivity contribution is 5.98. The predicted octanol–water partition coefficient (Wildman–Crippen LogP) is 4.19. The number of esters is 2. The van der Waals surface area contributed by atoms with E-state index in [1.54, 1.807) is 38.2 Å². The largest absolute Gasteiger partial charge is 0.489 e. The van der Waals surface area contributed by atoms with Crippen molar-refractivity contribution in [3.05, 3.63) is 89.3 Å². The summed E-state index contributed by atoms with van der Waals surface area (Å²) in [6.07, 6.45) is 3.37. The Labute approximate surface area is 182 Å². The summed E-state index contributed by atoms with van der Waals surface area (Å²) in [4.78, 5) is 27.1. The molecule has 0 bridgehead atoms. The average Bonchev–Trinajstić information content (AvgIpc) is 2.78. The second-order valence-electron chi connectivity index (χ2n) is 7.06. The molecule has 0 unspecified atom stereocenters. The standard InChI is InChI=1S/C25H27NO5/c1-4-29-24(27)21-15-26(3)16-22(25(28)30-5-2)23(21)19-12-9-13-20(14-19)31-17-18-10-7-6-8-11-18/h6-16,23H,4-5,17H2,1-3H3. The molecular weight excluding hydrogens is 394 g/mol. The van der Waals surface area contributed by atoms with Gasteiger partial charge in [-0.3, -0.25) is 0 Å². The maximum atomic E-state index is 12.7. The van der Waals surface area contributed by atoms with E-state index in [0.717, 1.165) is 11.1 Å². The molecular formula is C25H27NO5. The molecule has 1 aliphatic rings. The minimum atomic E-state index is -0.616. The molecule has 0 spiro atoms. The van der Waals surface area contributed by atoms with Crippen molar-refractivity contribution >= 4 is 11.9 Å². The molecule has 6 nitrogen and oxygen atoms in total. The van der Waals surface area contributed by atoms with Crippen LogP contribution in [0.1, 0.15) is 30.9 Å². The fourth-order valence-electron chi connectivity index (χ4n) is 3.45. The molecule has 162 valence electrons. The van der Waals surface area contributed by atoms with Gasteiger partial charge >= 0.3 is 11.9 Å². The van der Waals surface area contributed by atoms with E-state index >= 15 is 0 Å². The van der Waals surface area contributed by atoms with Crippen LogP contribution >= 0.6 is 0 Å². The van der Waals surface area contributed by atoms with Gasteiger partial charge in [0, 0.05) is 19.4 Å². The Morgan fingerprint density at radius 3 is 2.06 bits per heavy atom. The van der Waals surface area contributed by atoms with Crippen molar-refractivity contribution in [3.63, 3.8) is 0 Å². The Morgan fingerprint density at radius 2 is 1.48 bits per heavy atom. The van der Waals surface area contributed by atoms with Gasteiger partial charge in [-0.2, -0.15) is 0 Å². The Kier molecular flexibility index (Phi) is 7.49. The smallest absolute Gasteiger partial charge is 0.336 e. The highest BCUT2D eigenvalue weighted by atomic mass is 16.5. The Morgan fingerprint density at radius 1 is 0.871 bits per heavy atom. The molecule has 31 heavy (non-hydrogen) atoms. The first-order chi connectivity index (χ1) is 15.0. The van der Waals surface area contributed by atoms with Gasteiger partial charge in [-0.25, -0.2) is 9.59 Å². The van der Waals surface area contributed by atoms with Gasteiger partial charge in [0.1, 0.15) is 12.4 Å². The second-order valence-corrected chi connectivity index (χ2v) is 7.06. The zero-order valence-corrected chi connectivity index (χ0v) is 18.0. The van der Waals surface area contributed by atoms with Crippen LogP contribution in [0.25, 0.3) is 0 Å². The third-order valence-electron chi connectivity index (χ3n) is 4.77. The van der Waals surface area contributed by atoms with Crippen molar-refractivity contribution in [2.45, 2.75) is 26.4 Å². The van der Waals surface area contributed by atoms with Crippen LogP contribution in [0.5, 0.6) is 5.75 Å². The van der Waals surface area contributed by atoms with Gasteiger partial charge in [-0.1, -0.05) is 42.5 Å². The van der Waals surface area contributed by atoms with E-state index in [1.165, 1.54) is 0 Å². The first-order valence-corrected chi connectivity index (χ1v) is 10.3. The van der Waals surface area contributed by atoms with Crippen molar-refractivity contribution < 1.29 is 23.8 Å². The normalized spacial score (nSPS) is 13.8. The number of ether oxygens (including phenoxy) is 3. The number of carbonyl (C=O) groups excluding carboxylic acids is 2. The summed E-state index contributed by atoms with van der Waals surface area (Å²) in [7, 11) is 1.76. The third-order valence-corrected chi connectivity index (χ3v) is 4.77. The number of carbonyl (C=O) groups is 2. The van der Waals surface area contributed by atoms with Gasteiger partial charge in [-0.15, -0.1) is 0 Å². The predicted molar refractivity (Wildman–Crippen MR) is 117 cm³/mol. The molecule has 0 saturated carbocycles. The van der Waals surface area contributed by atoms with E-state index in [-0.39, 0.29) is 13.2 Å². The molecule has 3 rings (SSSR count). The van der Waals surface area contributed by atoms with Crippen LogP contribution in [0.15, 0.2) is 78.1 Å². The van der Waals surface area contributed by atoms with E-state index in [9.17, 15) is 9.59 Å². The maximum absolute atomic E-state index is 12.7. The molecule has 0 N–H and O–H groups in total. The third kappa shape index (κ3) is 5.54. The zero-order chi connectivity index (χ0) is 22.2. The van der Waals surface area contributed by atoms with Crippen LogP contribution in [0, 0.1) is 0 Å². The summed E-state index contributed by atoms with van der Waals surface area (Å²) in [5.41, 5.74) is 2.54. The number of hydrogen-bond donors (Lipinski definition) is 0. The molecule has 0 saturated heterocycles. The van der Waals surface area contributed by atoms with Crippen molar-refractivity contribution in [3.8, 4) is 5.75 Å². The minimum Gasteiger partial charge on any atom is -0.489 e. The SMILES string of the molecule is CCOC(=O)C1=CN(C)C=C(C(=O)OCC)C1c1cccc(OCc2ccccc2)c1. The lowest BCUT2D eigenvalue weighted by Crippen LogP contribution is -2.28. The molecule has 0 fully saturated rings. The lowest BCUT2D eigenvalue weighted by molar-refractivity contribution is -0.139. The number of rotatable bonds is 8. The van der Waals surface area contributed by atoms with Crippen LogP contribution in [-0.4, -0.2) is 37.1 Å². The fraction of sp³-hybridized carbons (Fsp3) is 0.280. The zero-order valence-electron chi connectivity index (χ0n) is 18.0. The van der Waals surface area contributed by atoms with Crippen molar-refractivity contribution in [2.75, 3.05) is 20.3 Å². The molecule has 0 aliphatic carbocycles. The summed E-state index contributed by atoms with van der Waals surface area (Å²) in [6.45, 7) is 4.40. The number of nitrogens with zero attached hydrogens (tertiary/aromatic N) is 1. The average molecular weight is 421 g/mol. The van der Waals surface area contributed by atoms with Crippen LogP contribution in [0.4, 0.5) is 0 Å². The number of benzene rings is 2. The molecule has 0 radical (unpaired) electrons. The molecule has 6 heteroatoms. The van der Waals surface area contributed by atoms with Gasteiger partial charge in [0.2, 0.25) is 0 Å². The van der Waals surface area contributed by atoms with Gasteiger partial charge < -0.3 is 19.1 Å². The second kappa shape index (κ2) is 10.5. The number of hydrogen-bond acceptors (Lipinski definition) is 6. The van der Waals surface area contributed by atoms with Crippen molar-refractivity contribution in [1.29, 1.82) is 0 Å². The van der Waals surface area contributed by atoms with E-state index in [0.29, 0.717) is 23.5 Å². The minimum absolute atomic E-state index is 0.241. The van der Waals surface area contributed by atoms with E-state index < -0.39 is 17.9 Å². The first-order valence-electron chi connectivity index (χ1n) is 10.3. The summed E-state index contributed by atoms with van der Waals surface area (Å²) in [6, 6.07) is 17.3. The Hall–Kier alpha value is -3.54. The lowest BCUT2D eigenvalue weighted by Gasteiger charge is -2.28. The van der Waals surface area contributed by atoms with Crippen LogP contribution in [0.3, 0.4) is 0 Å². The lowest BCUT2D eigenvalue weighted by atomic mass is 9.83. The van der Waals surface area contributed by atoms with E-state index in [1.807, 2.05) is 54.6 Å². The van der Waals surface area contributed by atoms with Gasteiger partial charge in [0.05, 0.1) is 30.3 Å². The molecule has 2 aromatic carbocycles. The Bertz CT molecular complexity index is 944. The molecule has 0 atom stereocenters.